The van der Waals surface area contributed by atoms with Crippen LogP contribution < -0.4 is 10.1 Å². The van der Waals surface area contributed by atoms with Crippen LogP contribution in [0.5, 0.6) is 5.75 Å². The van der Waals surface area contributed by atoms with Crippen LogP contribution >= 0.6 is 0 Å². The van der Waals surface area contributed by atoms with Gasteiger partial charge >= 0.3 is 0 Å². The number of nitrogens with zero attached hydrogens (tertiary/aromatic N) is 2. The number of nitrogens with one attached hydrogen (secondary N) is 1. The number of pyridine rings is 1. The van der Waals surface area contributed by atoms with Gasteiger partial charge in [-0.2, -0.15) is 0 Å². The first-order valence-corrected chi connectivity index (χ1v) is 8.61. The van der Waals surface area contributed by atoms with Crippen molar-refractivity contribution in [3.05, 3.63) is 65.6 Å². The number of aromatic nitrogens is 2. The SMILES string of the molecule is Cc1cccn2c(CNCC(O)c3cccc(OC(C)C)c3)cnc12. The fourth-order valence-electron chi connectivity index (χ4n) is 2.86. The van der Waals surface area contributed by atoms with Crippen molar-refractivity contribution in [3.8, 4) is 5.75 Å². The first-order chi connectivity index (χ1) is 12.0. The number of imidazole rings is 1. The number of benzene rings is 1. The summed E-state index contributed by atoms with van der Waals surface area (Å²) in [5.74, 6) is 0.781. The minimum absolute atomic E-state index is 0.115. The molecule has 132 valence electrons. The molecule has 0 aliphatic rings. The van der Waals surface area contributed by atoms with Gasteiger partial charge in [0.05, 0.1) is 24.1 Å². The summed E-state index contributed by atoms with van der Waals surface area (Å²) in [5, 5.41) is 13.7. The normalized spacial score (nSPS) is 12.7. The molecule has 2 heterocycles. The lowest BCUT2D eigenvalue weighted by Crippen LogP contribution is -2.21. The molecule has 1 atom stereocenters. The fourth-order valence-corrected chi connectivity index (χ4v) is 2.86. The van der Waals surface area contributed by atoms with Crippen LogP contribution in [0.15, 0.2) is 48.8 Å². The summed E-state index contributed by atoms with van der Waals surface area (Å²) in [6.07, 6.45) is 3.41. The van der Waals surface area contributed by atoms with Crippen LogP contribution in [-0.2, 0) is 6.54 Å². The third kappa shape index (κ3) is 4.18. The highest BCUT2D eigenvalue weighted by Crippen LogP contribution is 2.20. The number of hydrogen-bond acceptors (Lipinski definition) is 4. The van der Waals surface area contributed by atoms with E-state index in [1.54, 1.807) is 0 Å². The molecule has 0 saturated carbocycles. The second kappa shape index (κ2) is 7.68. The molecule has 1 aromatic carbocycles. The number of aryl methyl sites for hydroxylation is 1. The molecule has 0 fully saturated rings. The second-order valence-corrected chi connectivity index (χ2v) is 6.52. The lowest BCUT2D eigenvalue weighted by Gasteiger charge is -2.15. The first-order valence-electron chi connectivity index (χ1n) is 8.61. The standard InChI is InChI=1S/C20H25N3O2/c1-14(2)25-18-8-4-7-16(10-18)19(24)13-21-11-17-12-22-20-15(3)6-5-9-23(17)20/h4-10,12,14,19,21,24H,11,13H2,1-3H3. The Kier molecular flexibility index (Phi) is 5.36. The molecule has 0 aliphatic carbocycles. The van der Waals surface area contributed by atoms with E-state index in [0.717, 1.165) is 28.2 Å². The predicted molar refractivity (Wildman–Crippen MR) is 98.8 cm³/mol. The maximum Gasteiger partial charge on any atom is 0.139 e. The maximum atomic E-state index is 10.4. The largest absolute Gasteiger partial charge is 0.491 e. The van der Waals surface area contributed by atoms with Gasteiger partial charge in [-0.15, -0.1) is 0 Å². The van der Waals surface area contributed by atoms with Crippen molar-refractivity contribution in [2.75, 3.05) is 6.54 Å². The summed E-state index contributed by atoms with van der Waals surface area (Å²) in [6, 6.07) is 11.7. The van der Waals surface area contributed by atoms with Crippen LogP contribution in [0, 0.1) is 6.92 Å². The molecule has 1 unspecified atom stereocenters. The van der Waals surface area contributed by atoms with E-state index in [2.05, 4.69) is 27.7 Å². The van der Waals surface area contributed by atoms with E-state index in [-0.39, 0.29) is 6.10 Å². The highest BCUT2D eigenvalue weighted by atomic mass is 16.5. The predicted octanol–water partition coefficient (Wildman–Crippen LogP) is 3.25. The zero-order valence-electron chi connectivity index (χ0n) is 14.9. The van der Waals surface area contributed by atoms with Gasteiger partial charge in [0, 0.05) is 19.3 Å². The highest BCUT2D eigenvalue weighted by molar-refractivity contribution is 5.48. The minimum Gasteiger partial charge on any atom is -0.491 e. The van der Waals surface area contributed by atoms with Crippen molar-refractivity contribution in [1.82, 2.24) is 14.7 Å². The molecule has 0 spiro atoms. The third-order valence-corrected chi connectivity index (χ3v) is 4.07. The molecule has 25 heavy (non-hydrogen) atoms. The van der Waals surface area contributed by atoms with E-state index in [9.17, 15) is 5.11 Å². The van der Waals surface area contributed by atoms with Crippen molar-refractivity contribution in [2.45, 2.75) is 39.5 Å². The Morgan fingerprint density at radius 3 is 2.88 bits per heavy atom. The summed E-state index contributed by atoms with van der Waals surface area (Å²) < 4.78 is 7.76. The summed E-state index contributed by atoms with van der Waals surface area (Å²) in [4.78, 5) is 4.46. The van der Waals surface area contributed by atoms with E-state index < -0.39 is 6.10 Å². The molecule has 0 amide bonds. The molecule has 3 aromatic rings. The van der Waals surface area contributed by atoms with E-state index in [4.69, 9.17) is 4.74 Å². The molecule has 2 N–H and O–H groups in total. The van der Waals surface area contributed by atoms with Crippen LogP contribution in [-0.4, -0.2) is 27.1 Å². The summed E-state index contributed by atoms with van der Waals surface area (Å²) in [5.41, 5.74) is 4.04. The Morgan fingerprint density at radius 2 is 2.08 bits per heavy atom. The van der Waals surface area contributed by atoms with Gasteiger partial charge < -0.3 is 19.6 Å². The van der Waals surface area contributed by atoms with Crippen LogP contribution in [0.25, 0.3) is 5.65 Å². The Morgan fingerprint density at radius 1 is 1.24 bits per heavy atom. The van der Waals surface area contributed by atoms with Gasteiger partial charge in [-0.05, 0) is 50.1 Å². The number of aliphatic hydroxyl groups excluding tert-OH is 1. The van der Waals surface area contributed by atoms with E-state index in [1.807, 2.05) is 56.6 Å². The van der Waals surface area contributed by atoms with Crippen molar-refractivity contribution in [3.63, 3.8) is 0 Å². The molecule has 0 aliphatic heterocycles. The molecule has 5 nitrogen and oxygen atoms in total. The zero-order valence-corrected chi connectivity index (χ0v) is 14.9. The van der Waals surface area contributed by atoms with Gasteiger partial charge in [0.2, 0.25) is 0 Å². The number of hydrogen-bond donors (Lipinski definition) is 2. The first kappa shape index (κ1) is 17.5. The molecule has 2 aromatic heterocycles. The van der Waals surface area contributed by atoms with Crippen molar-refractivity contribution >= 4 is 5.65 Å². The van der Waals surface area contributed by atoms with Gasteiger partial charge in [-0.25, -0.2) is 4.98 Å². The molecule has 0 saturated heterocycles. The van der Waals surface area contributed by atoms with Gasteiger partial charge in [-0.1, -0.05) is 18.2 Å². The Balaban J connectivity index is 1.60. The Hall–Kier alpha value is -2.37. The number of rotatable bonds is 7. The van der Waals surface area contributed by atoms with Crippen molar-refractivity contribution in [1.29, 1.82) is 0 Å². The van der Waals surface area contributed by atoms with Crippen LogP contribution in [0.4, 0.5) is 0 Å². The van der Waals surface area contributed by atoms with E-state index in [1.165, 1.54) is 0 Å². The second-order valence-electron chi connectivity index (χ2n) is 6.52. The molecule has 3 rings (SSSR count). The van der Waals surface area contributed by atoms with Gasteiger partial charge in [0.15, 0.2) is 0 Å². The summed E-state index contributed by atoms with van der Waals surface area (Å²) >= 11 is 0. The topological polar surface area (TPSA) is 58.8 Å². The molecular weight excluding hydrogens is 314 g/mol. The zero-order chi connectivity index (χ0) is 17.8. The van der Waals surface area contributed by atoms with Gasteiger partial charge in [0.25, 0.3) is 0 Å². The van der Waals surface area contributed by atoms with Gasteiger partial charge in [0.1, 0.15) is 11.4 Å². The van der Waals surface area contributed by atoms with Crippen LogP contribution in [0.3, 0.4) is 0 Å². The highest BCUT2D eigenvalue weighted by Gasteiger charge is 2.10. The summed E-state index contributed by atoms with van der Waals surface area (Å²) in [7, 11) is 0. The average molecular weight is 339 g/mol. The molecule has 0 bridgehead atoms. The number of aliphatic hydroxyl groups is 1. The maximum absolute atomic E-state index is 10.4. The van der Waals surface area contributed by atoms with Crippen molar-refractivity contribution < 1.29 is 9.84 Å². The Labute approximate surface area is 148 Å². The van der Waals surface area contributed by atoms with E-state index in [0.29, 0.717) is 13.1 Å². The Bertz CT molecular complexity index is 842. The third-order valence-electron chi connectivity index (χ3n) is 4.07. The number of fused-ring (bicyclic) bond motifs is 1. The molecular formula is C20H25N3O2. The van der Waals surface area contributed by atoms with Crippen LogP contribution in [0.1, 0.15) is 36.8 Å². The van der Waals surface area contributed by atoms with E-state index >= 15 is 0 Å². The molecule has 0 radical (unpaired) electrons. The lowest BCUT2D eigenvalue weighted by molar-refractivity contribution is 0.173. The fraction of sp³-hybridized carbons (Fsp3) is 0.350. The minimum atomic E-state index is -0.586. The smallest absolute Gasteiger partial charge is 0.139 e. The van der Waals surface area contributed by atoms with Gasteiger partial charge in [-0.3, -0.25) is 0 Å². The number of ether oxygens (including phenoxy) is 1. The lowest BCUT2D eigenvalue weighted by atomic mass is 10.1. The summed E-state index contributed by atoms with van der Waals surface area (Å²) in [6.45, 7) is 7.13. The quantitative estimate of drug-likeness (QED) is 0.694. The van der Waals surface area contributed by atoms with Crippen molar-refractivity contribution in [2.24, 2.45) is 0 Å². The monoisotopic (exact) mass is 339 g/mol. The average Bonchev–Trinajstić information content (AvgIpc) is 2.99. The van der Waals surface area contributed by atoms with Crippen LogP contribution in [0.2, 0.25) is 0 Å². The molecule has 5 heteroatoms.